The van der Waals surface area contributed by atoms with Crippen LogP contribution in [0.3, 0.4) is 0 Å². The molecule has 0 radical (unpaired) electrons. The summed E-state index contributed by atoms with van der Waals surface area (Å²) >= 11 is 5.76. The second-order valence-electron chi connectivity index (χ2n) is 6.06. The Balaban J connectivity index is 2.02. The van der Waals surface area contributed by atoms with Gasteiger partial charge in [0.25, 0.3) is 5.91 Å². The highest BCUT2D eigenvalue weighted by Gasteiger charge is 2.34. The van der Waals surface area contributed by atoms with E-state index in [1.165, 1.54) is 6.07 Å². The number of anilines is 1. The molecule has 0 aliphatic heterocycles. The monoisotopic (exact) mass is 399 g/mol. The maximum atomic E-state index is 13.0. The summed E-state index contributed by atoms with van der Waals surface area (Å²) in [5.41, 5.74) is -0.392. The maximum absolute atomic E-state index is 13.0. The van der Waals surface area contributed by atoms with Gasteiger partial charge in [0, 0.05) is 0 Å². The van der Waals surface area contributed by atoms with E-state index in [1.54, 1.807) is 24.3 Å². The second kappa shape index (κ2) is 8.43. The summed E-state index contributed by atoms with van der Waals surface area (Å²) in [7, 11) is 0. The molecule has 2 rings (SSSR count). The molecule has 0 heterocycles. The largest absolute Gasteiger partial charge is 0.452 e. The van der Waals surface area contributed by atoms with E-state index in [-0.39, 0.29) is 10.6 Å². The van der Waals surface area contributed by atoms with Crippen LogP contribution in [0.2, 0.25) is 5.02 Å². The zero-order valence-corrected chi connectivity index (χ0v) is 15.3. The van der Waals surface area contributed by atoms with Crippen LogP contribution in [0, 0.1) is 0 Å². The molecule has 0 atom stereocenters. The molecule has 0 fully saturated rings. The zero-order valence-electron chi connectivity index (χ0n) is 14.6. The highest BCUT2D eigenvalue weighted by Crippen LogP contribution is 2.38. The van der Waals surface area contributed by atoms with Gasteiger partial charge >= 0.3 is 12.1 Å². The van der Waals surface area contributed by atoms with Crippen molar-refractivity contribution in [3.63, 3.8) is 0 Å². The molecule has 144 valence electrons. The van der Waals surface area contributed by atoms with Crippen molar-refractivity contribution in [1.82, 2.24) is 0 Å². The van der Waals surface area contributed by atoms with Crippen LogP contribution in [0.25, 0.3) is 0 Å². The lowest BCUT2D eigenvalue weighted by Crippen LogP contribution is -2.23. The first kappa shape index (κ1) is 20.8. The quantitative estimate of drug-likeness (QED) is 0.696. The first-order valence-electron chi connectivity index (χ1n) is 8.02. The lowest BCUT2D eigenvalue weighted by molar-refractivity contribution is -0.137. The zero-order chi connectivity index (χ0) is 20.2. The lowest BCUT2D eigenvalue weighted by Gasteiger charge is -2.15. The van der Waals surface area contributed by atoms with Crippen LogP contribution in [0.5, 0.6) is 0 Å². The van der Waals surface area contributed by atoms with Gasteiger partial charge in [0.1, 0.15) is 0 Å². The lowest BCUT2D eigenvalue weighted by atomic mass is 10.0. The number of alkyl halides is 3. The van der Waals surface area contributed by atoms with Crippen LogP contribution in [-0.2, 0) is 15.7 Å². The second-order valence-corrected chi connectivity index (χ2v) is 6.47. The van der Waals surface area contributed by atoms with Crippen molar-refractivity contribution < 1.29 is 27.5 Å². The summed E-state index contributed by atoms with van der Waals surface area (Å²) in [5, 5.41) is 1.78. The summed E-state index contributed by atoms with van der Waals surface area (Å²) in [6.07, 6.45) is -4.69. The van der Waals surface area contributed by atoms with Crippen molar-refractivity contribution in [2.24, 2.45) is 0 Å². The minimum Gasteiger partial charge on any atom is -0.452 e. The van der Waals surface area contributed by atoms with Crippen molar-refractivity contribution in [2.45, 2.75) is 25.9 Å². The van der Waals surface area contributed by atoms with Gasteiger partial charge in [0.2, 0.25) is 0 Å². The Morgan fingerprint density at radius 2 is 1.74 bits per heavy atom. The molecule has 27 heavy (non-hydrogen) atoms. The number of hydrogen-bond donors (Lipinski definition) is 1. The Morgan fingerprint density at radius 3 is 2.30 bits per heavy atom. The Kier molecular flexibility index (Phi) is 6.49. The van der Waals surface area contributed by atoms with Crippen molar-refractivity contribution in [3.05, 3.63) is 64.2 Å². The Bertz CT molecular complexity index is 833. The fraction of sp³-hybridized carbons (Fsp3) is 0.263. The van der Waals surface area contributed by atoms with E-state index in [0.29, 0.717) is 5.92 Å². The van der Waals surface area contributed by atoms with Gasteiger partial charge in [-0.05, 0) is 35.7 Å². The predicted molar refractivity (Wildman–Crippen MR) is 95.9 cm³/mol. The molecule has 0 bridgehead atoms. The number of benzene rings is 2. The van der Waals surface area contributed by atoms with E-state index >= 15 is 0 Å². The number of rotatable bonds is 5. The summed E-state index contributed by atoms with van der Waals surface area (Å²) < 4.78 is 43.9. The Hall–Kier alpha value is -2.54. The molecule has 1 N–H and O–H groups in total. The average Bonchev–Trinajstić information content (AvgIpc) is 2.60. The maximum Gasteiger partial charge on any atom is 0.418 e. The molecular weight excluding hydrogens is 383 g/mol. The number of halogens is 4. The van der Waals surface area contributed by atoms with Gasteiger partial charge in [-0.15, -0.1) is 0 Å². The summed E-state index contributed by atoms with van der Waals surface area (Å²) in [6.45, 7) is 3.26. The van der Waals surface area contributed by atoms with Crippen LogP contribution >= 0.6 is 11.6 Å². The molecule has 0 aliphatic carbocycles. The fourth-order valence-corrected chi connectivity index (χ4v) is 2.50. The molecule has 2 aromatic carbocycles. The standard InChI is InChI=1S/C19H17ClF3NO3/c1-11(2)12-6-8-13(9-7-12)18(26)27-10-16(25)24-17-14(19(21,22)23)4-3-5-15(17)20/h3-9,11H,10H2,1-2H3,(H,24,25). The number of ether oxygens (including phenoxy) is 1. The molecule has 4 nitrogen and oxygen atoms in total. The molecule has 0 saturated heterocycles. The first-order valence-corrected chi connectivity index (χ1v) is 8.40. The average molecular weight is 400 g/mol. The van der Waals surface area contributed by atoms with Crippen molar-refractivity contribution in [3.8, 4) is 0 Å². The number of hydrogen-bond acceptors (Lipinski definition) is 3. The van der Waals surface area contributed by atoms with Crippen LogP contribution in [0.4, 0.5) is 18.9 Å². The number of nitrogens with one attached hydrogen (secondary N) is 1. The van der Waals surface area contributed by atoms with E-state index in [4.69, 9.17) is 16.3 Å². The van der Waals surface area contributed by atoms with Crippen LogP contribution < -0.4 is 5.32 Å². The van der Waals surface area contributed by atoms with Crippen LogP contribution in [0.15, 0.2) is 42.5 Å². The SMILES string of the molecule is CC(C)c1ccc(C(=O)OCC(=O)Nc2c(Cl)cccc2C(F)(F)F)cc1. The highest BCUT2D eigenvalue weighted by molar-refractivity contribution is 6.34. The summed E-state index contributed by atoms with van der Waals surface area (Å²) in [4.78, 5) is 23.9. The number of carbonyl (C=O) groups is 2. The van der Waals surface area contributed by atoms with Gasteiger partial charge in [-0.25, -0.2) is 4.79 Å². The van der Waals surface area contributed by atoms with Crippen molar-refractivity contribution in [1.29, 1.82) is 0 Å². The topological polar surface area (TPSA) is 55.4 Å². The number of amides is 1. The molecule has 0 aromatic heterocycles. The van der Waals surface area contributed by atoms with E-state index in [9.17, 15) is 22.8 Å². The molecular formula is C19H17ClF3NO3. The predicted octanol–water partition coefficient (Wildman–Crippen LogP) is 5.28. The fourth-order valence-electron chi connectivity index (χ4n) is 2.28. The minimum atomic E-state index is -4.69. The molecule has 8 heteroatoms. The van der Waals surface area contributed by atoms with Gasteiger partial charge in [-0.2, -0.15) is 13.2 Å². The highest BCUT2D eigenvalue weighted by atomic mass is 35.5. The molecule has 0 saturated carbocycles. The van der Waals surface area contributed by atoms with Gasteiger partial charge in [-0.3, -0.25) is 4.79 Å². The van der Waals surface area contributed by atoms with Crippen molar-refractivity contribution >= 4 is 29.2 Å². The van der Waals surface area contributed by atoms with Crippen LogP contribution in [-0.4, -0.2) is 18.5 Å². The van der Waals surface area contributed by atoms with E-state index < -0.39 is 35.9 Å². The molecule has 0 aliphatic rings. The number of esters is 1. The minimum absolute atomic E-state index is 0.237. The summed E-state index contributed by atoms with van der Waals surface area (Å²) in [6, 6.07) is 9.79. The first-order chi connectivity index (χ1) is 12.6. The Morgan fingerprint density at radius 1 is 1.11 bits per heavy atom. The van der Waals surface area contributed by atoms with E-state index in [1.807, 2.05) is 19.2 Å². The smallest absolute Gasteiger partial charge is 0.418 e. The Labute approximate surface area is 159 Å². The van der Waals surface area contributed by atoms with Gasteiger partial charge in [-0.1, -0.05) is 43.6 Å². The summed E-state index contributed by atoms with van der Waals surface area (Å²) in [5.74, 6) is -1.39. The van der Waals surface area contributed by atoms with Crippen LogP contribution in [0.1, 0.15) is 41.3 Å². The number of para-hydroxylation sites is 1. The molecule has 0 spiro atoms. The van der Waals surface area contributed by atoms with E-state index in [2.05, 4.69) is 0 Å². The third-order valence-electron chi connectivity index (χ3n) is 3.73. The van der Waals surface area contributed by atoms with Gasteiger partial charge < -0.3 is 10.1 Å². The molecule has 2 aromatic rings. The van der Waals surface area contributed by atoms with E-state index in [0.717, 1.165) is 17.7 Å². The third-order valence-corrected chi connectivity index (χ3v) is 4.05. The van der Waals surface area contributed by atoms with Gasteiger partial charge in [0.15, 0.2) is 6.61 Å². The number of carbonyl (C=O) groups excluding carboxylic acids is 2. The molecule has 1 amide bonds. The molecule has 0 unspecified atom stereocenters. The third kappa shape index (κ3) is 5.47. The normalized spacial score (nSPS) is 11.4. The van der Waals surface area contributed by atoms with Crippen molar-refractivity contribution in [2.75, 3.05) is 11.9 Å². The van der Waals surface area contributed by atoms with Gasteiger partial charge in [0.05, 0.1) is 21.8 Å².